The molecule has 8 nitrogen and oxygen atoms in total. The lowest BCUT2D eigenvalue weighted by molar-refractivity contribution is 0.0954. The molecule has 0 spiro atoms. The maximum absolute atomic E-state index is 12.3. The van der Waals surface area contributed by atoms with Crippen LogP contribution < -0.4 is 15.8 Å². The molecule has 1 heterocycles. The Hall–Kier alpha value is -2.91. The number of fused-ring (bicyclic) bond motifs is 1. The summed E-state index contributed by atoms with van der Waals surface area (Å²) in [7, 11) is -2.25. The van der Waals surface area contributed by atoms with Crippen molar-refractivity contribution in [3.8, 4) is 0 Å². The van der Waals surface area contributed by atoms with Gasteiger partial charge in [0, 0.05) is 31.8 Å². The summed E-state index contributed by atoms with van der Waals surface area (Å²) in [4.78, 5) is 23.3. The highest BCUT2D eigenvalue weighted by Crippen LogP contribution is 2.17. The third-order valence-corrected chi connectivity index (χ3v) is 5.27. The molecule has 0 radical (unpaired) electrons. The first-order chi connectivity index (χ1) is 12.4. The summed E-state index contributed by atoms with van der Waals surface area (Å²) in [6.07, 6.45) is 0. The lowest BCUT2D eigenvalue weighted by Gasteiger charge is -2.08. The van der Waals surface area contributed by atoms with E-state index in [1.807, 2.05) is 0 Å². The van der Waals surface area contributed by atoms with Crippen molar-refractivity contribution >= 4 is 27.0 Å². The number of aromatic nitrogens is 1. The second-order valence-corrected chi connectivity index (χ2v) is 7.34. The van der Waals surface area contributed by atoms with Gasteiger partial charge in [0.15, 0.2) is 5.58 Å². The van der Waals surface area contributed by atoms with E-state index in [9.17, 15) is 18.0 Å². The minimum atomic E-state index is -3.79. The largest absolute Gasteiger partial charge is 0.419 e. The molecule has 1 aromatic heterocycles. The summed E-state index contributed by atoms with van der Waals surface area (Å²) >= 11 is 0. The average molecular weight is 375 g/mol. The van der Waals surface area contributed by atoms with Crippen LogP contribution in [0.3, 0.4) is 0 Å². The number of sulfonamides is 1. The number of nitrogens with zero attached hydrogens (tertiary/aromatic N) is 1. The Labute approximate surface area is 149 Å². The highest BCUT2D eigenvalue weighted by atomic mass is 32.2. The third kappa shape index (κ3) is 3.68. The number of rotatable bonds is 6. The SMILES string of the molecule is Cn1c(=O)oc2cc(S(=O)(=O)NCCNC(=O)c3ccccc3)ccc21. The molecule has 1 amide bonds. The van der Waals surface area contributed by atoms with Gasteiger partial charge in [-0.3, -0.25) is 9.36 Å². The molecule has 0 aliphatic carbocycles. The smallest absolute Gasteiger partial charge is 0.408 e. The van der Waals surface area contributed by atoms with Gasteiger partial charge >= 0.3 is 5.76 Å². The molecule has 0 unspecified atom stereocenters. The van der Waals surface area contributed by atoms with Crippen molar-refractivity contribution in [2.75, 3.05) is 13.1 Å². The van der Waals surface area contributed by atoms with Crippen molar-refractivity contribution < 1.29 is 17.6 Å². The lowest BCUT2D eigenvalue weighted by Crippen LogP contribution is -2.34. The van der Waals surface area contributed by atoms with Crippen molar-refractivity contribution in [1.82, 2.24) is 14.6 Å². The van der Waals surface area contributed by atoms with Crippen LogP contribution in [0.2, 0.25) is 0 Å². The summed E-state index contributed by atoms with van der Waals surface area (Å²) in [6, 6.07) is 12.8. The van der Waals surface area contributed by atoms with Gasteiger partial charge in [-0.25, -0.2) is 17.9 Å². The fourth-order valence-electron chi connectivity index (χ4n) is 2.42. The summed E-state index contributed by atoms with van der Waals surface area (Å²) in [5.74, 6) is -0.844. The molecule has 2 aromatic carbocycles. The molecule has 0 fully saturated rings. The van der Waals surface area contributed by atoms with E-state index in [4.69, 9.17) is 4.42 Å². The number of oxazole rings is 1. The fourth-order valence-corrected chi connectivity index (χ4v) is 3.46. The molecule has 0 saturated carbocycles. The van der Waals surface area contributed by atoms with Gasteiger partial charge in [0.05, 0.1) is 10.4 Å². The van der Waals surface area contributed by atoms with Gasteiger partial charge in [0.1, 0.15) is 0 Å². The van der Waals surface area contributed by atoms with Crippen LogP contribution in [0.15, 0.2) is 62.6 Å². The molecule has 0 bridgehead atoms. The Bertz CT molecular complexity index is 1100. The predicted molar refractivity (Wildman–Crippen MR) is 95.4 cm³/mol. The number of aryl methyl sites for hydroxylation is 1. The number of hydrogen-bond acceptors (Lipinski definition) is 5. The van der Waals surface area contributed by atoms with E-state index in [2.05, 4.69) is 10.0 Å². The average Bonchev–Trinajstić information content (AvgIpc) is 2.93. The normalized spacial score (nSPS) is 11.6. The number of carbonyl (C=O) groups is 1. The minimum Gasteiger partial charge on any atom is -0.408 e. The van der Waals surface area contributed by atoms with Crippen LogP contribution in [0, 0.1) is 0 Å². The molecule has 3 aromatic rings. The van der Waals surface area contributed by atoms with Crippen molar-refractivity contribution in [2.24, 2.45) is 7.05 Å². The molecule has 0 atom stereocenters. The molecule has 26 heavy (non-hydrogen) atoms. The molecule has 3 rings (SSSR count). The first-order valence-electron chi connectivity index (χ1n) is 7.81. The third-order valence-electron chi connectivity index (χ3n) is 3.81. The van der Waals surface area contributed by atoms with Gasteiger partial charge in [-0.2, -0.15) is 0 Å². The van der Waals surface area contributed by atoms with E-state index in [1.165, 1.54) is 29.8 Å². The quantitative estimate of drug-likeness (QED) is 0.621. The van der Waals surface area contributed by atoms with Crippen LogP contribution in [-0.2, 0) is 17.1 Å². The standard InChI is InChI=1S/C17H17N3O5S/c1-20-14-8-7-13(11-15(14)25-17(20)22)26(23,24)19-10-9-18-16(21)12-5-3-2-4-6-12/h2-8,11,19H,9-10H2,1H3,(H,18,21). The Morgan fingerprint density at radius 1 is 1.12 bits per heavy atom. The number of nitrogens with one attached hydrogen (secondary N) is 2. The van der Waals surface area contributed by atoms with Gasteiger partial charge in [0.2, 0.25) is 10.0 Å². The van der Waals surface area contributed by atoms with E-state index in [-0.39, 0.29) is 29.5 Å². The molecule has 0 saturated heterocycles. The van der Waals surface area contributed by atoms with Gasteiger partial charge < -0.3 is 9.73 Å². The molecule has 2 N–H and O–H groups in total. The van der Waals surface area contributed by atoms with Crippen LogP contribution in [0.4, 0.5) is 0 Å². The summed E-state index contributed by atoms with van der Waals surface area (Å²) < 4.78 is 33.4. The Morgan fingerprint density at radius 3 is 2.58 bits per heavy atom. The highest BCUT2D eigenvalue weighted by molar-refractivity contribution is 7.89. The first kappa shape index (κ1) is 17.9. The van der Waals surface area contributed by atoms with Crippen LogP contribution >= 0.6 is 0 Å². The van der Waals surface area contributed by atoms with Crippen molar-refractivity contribution in [2.45, 2.75) is 4.90 Å². The number of hydrogen-bond donors (Lipinski definition) is 2. The monoisotopic (exact) mass is 375 g/mol. The van der Waals surface area contributed by atoms with Gasteiger partial charge in [0.25, 0.3) is 5.91 Å². The second-order valence-electron chi connectivity index (χ2n) is 5.58. The zero-order valence-corrected chi connectivity index (χ0v) is 14.7. The zero-order chi connectivity index (χ0) is 18.7. The zero-order valence-electron chi connectivity index (χ0n) is 13.9. The number of benzene rings is 2. The summed E-state index contributed by atoms with van der Waals surface area (Å²) in [5, 5.41) is 2.63. The topological polar surface area (TPSA) is 110 Å². The van der Waals surface area contributed by atoms with E-state index in [0.29, 0.717) is 11.1 Å². The van der Waals surface area contributed by atoms with E-state index in [0.717, 1.165) is 0 Å². The Kier molecular flexibility index (Phi) is 4.92. The molecular formula is C17H17N3O5S. The van der Waals surface area contributed by atoms with Crippen molar-refractivity contribution in [3.63, 3.8) is 0 Å². The number of amides is 1. The summed E-state index contributed by atoms with van der Waals surface area (Å²) in [5.41, 5.74) is 1.20. The fraction of sp³-hybridized carbons (Fsp3) is 0.176. The van der Waals surface area contributed by atoms with E-state index in [1.54, 1.807) is 30.3 Å². The van der Waals surface area contributed by atoms with Crippen molar-refractivity contribution in [1.29, 1.82) is 0 Å². The molecule has 0 aliphatic rings. The maximum atomic E-state index is 12.3. The van der Waals surface area contributed by atoms with Crippen LogP contribution in [0.5, 0.6) is 0 Å². The highest BCUT2D eigenvalue weighted by Gasteiger charge is 2.16. The Balaban J connectivity index is 1.62. The van der Waals surface area contributed by atoms with Gasteiger partial charge in [-0.1, -0.05) is 18.2 Å². The number of carbonyl (C=O) groups excluding carboxylic acids is 1. The van der Waals surface area contributed by atoms with Crippen LogP contribution in [-0.4, -0.2) is 32.0 Å². The molecule has 0 aliphatic heterocycles. The van der Waals surface area contributed by atoms with E-state index >= 15 is 0 Å². The molecule has 136 valence electrons. The maximum Gasteiger partial charge on any atom is 0.419 e. The van der Waals surface area contributed by atoms with Gasteiger partial charge in [-0.15, -0.1) is 0 Å². The summed E-state index contributed by atoms with van der Waals surface area (Å²) in [6.45, 7) is 0.160. The van der Waals surface area contributed by atoms with Crippen molar-refractivity contribution in [3.05, 3.63) is 64.6 Å². The second kappa shape index (κ2) is 7.14. The molecular weight excluding hydrogens is 358 g/mol. The Morgan fingerprint density at radius 2 is 1.85 bits per heavy atom. The van der Waals surface area contributed by atoms with E-state index < -0.39 is 15.8 Å². The lowest BCUT2D eigenvalue weighted by atomic mass is 10.2. The first-order valence-corrected chi connectivity index (χ1v) is 9.29. The van der Waals surface area contributed by atoms with Crippen LogP contribution in [0.25, 0.3) is 11.1 Å². The van der Waals surface area contributed by atoms with Crippen LogP contribution in [0.1, 0.15) is 10.4 Å². The minimum absolute atomic E-state index is 0.0197. The predicted octanol–water partition coefficient (Wildman–Crippen LogP) is 0.840. The van der Waals surface area contributed by atoms with Gasteiger partial charge in [-0.05, 0) is 24.3 Å². The molecule has 9 heteroatoms.